The van der Waals surface area contributed by atoms with E-state index in [9.17, 15) is 9.59 Å². The number of hydrogen-bond acceptors (Lipinski definition) is 6. The van der Waals surface area contributed by atoms with Crippen LogP contribution in [-0.2, 0) is 16.1 Å². The monoisotopic (exact) mass is 430 g/mol. The quantitative estimate of drug-likeness (QED) is 0.615. The summed E-state index contributed by atoms with van der Waals surface area (Å²) in [4.78, 5) is 28.0. The van der Waals surface area contributed by atoms with Crippen molar-refractivity contribution >= 4 is 23.1 Å². The van der Waals surface area contributed by atoms with Crippen LogP contribution < -0.4 is 14.8 Å². The van der Waals surface area contributed by atoms with E-state index in [1.807, 2.05) is 32.0 Å². The number of carbonyl (C=O) groups is 2. The van der Waals surface area contributed by atoms with Crippen LogP contribution in [-0.4, -0.2) is 29.9 Å². The number of hydrogen-bond donors (Lipinski definition) is 1. The molecule has 7 nitrogen and oxygen atoms in total. The van der Waals surface area contributed by atoms with Crippen molar-refractivity contribution in [2.45, 2.75) is 20.4 Å². The molecule has 0 atom stereocenters. The molecule has 32 heavy (non-hydrogen) atoms. The second-order valence-corrected chi connectivity index (χ2v) is 7.83. The van der Waals surface area contributed by atoms with Crippen LogP contribution in [0.25, 0.3) is 5.57 Å². The molecule has 2 aromatic carbocycles. The van der Waals surface area contributed by atoms with E-state index in [0.717, 1.165) is 16.7 Å². The molecule has 1 aromatic heterocycles. The van der Waals surface area contributed by atoms with Crippen molar-refractivity contribution in [3.63, 3.8) is 0 Å². The van der Waals surface area contributed by atoms with Gasteiger partial charge in [0.2, 0.25) is 0 Å². The van der Waals surface area contributed by atoms with Gasteiger partial charge in [-0.25, -0.2) is 0 Å². The first-order valence-corrected chi connectivity index (χ1v) is 10.4. The Labute approximate surface area is 185 Å². The zero-order valence-corrected chi connectivity index (χ0v) is 17.8. The highest BCUT2D eigenvalue weighted by Gasteiger charge is 2.40. The lowest BCUT2D eigenvalue weighted by atomic mass is 9.97. The lowest BCUT2D eigenvalue weighted by Gasteiger charge is -2.19. The number of fused-ring (bicyclic) bond motifs is 1. The second kappa shape index (κ2) is 7.92. The van der Waals surface area contributed by atoms with E-state index in [1.54, 1.807) is 30.3 Å². The molecule has 0 aliphatic carbocycles. The first-order valence-electron chi connectivity index (χ1n) is 10.4. The molecule has 1 N–H and O–H groups in total. The fourth-order valence-electron chi connectivity index (χ4n) is 4.00. The number of nitrogens with one attached hydrogen (secondary N) is 1. The molecule has 0 spiro atoms. The molecule has 0 unspecified atom stereocenters. The van der Waals surface area contributed by atoms with Gasteiger partial charge in [0.05, 0.1) is 18.4 Å². The van der Waals surface area contributed by atoms with Gasteiger partial charge in [-0.2, -0.15) is 0 Å². The zero-order chi connectivity index (χ0) is 22.2. The van der Waals surface area contributed by atoms with Gasteiger partial charge in [-0.1, -0.05) is 23.8 Å². The van der Waals surface area contributed by atoms with Crippen molar-refractivity contribution in [3.8, 4) is 11.5 Å². The molecule has 2 amide bonds. The number of amides is 2. The Kier molecular flexibility index (Phi) is 4.93. The number of furan rings is 1. The van der Waals surface area contributed by atoms with Crippen molar-refractivity contribution in [3.05, 3.63) is 82.9 Å². The smallest absolute Gasteiger partial charge is 0.278 e. The molecule has 0 bridgehead atoms. The van der Waals surface area contributed by atoms with Crippen LogP contribution in [0.4, 0.5) is 5.69 Å². The molecule has 0 saturated carbocycles. The zero-order valence-electron chi connectivity index (χ0n) is 17.8. The predicted molar refractivity (Wildman–Crippen MR) is 118 cm³/mol. The van der Waals surface area contributed by atoms with E-state index in [2.05, 4.69) is 5.32 Å². The van der Waals surface area contributed by atoms with E-state index in [-0.39, 0.29) is 18.1 Å². The lowest BCUT2D eigenvalue weighted by molar-refractivity contribution is -0.137. The number of ether oxygens (including phenoxy) is 2. The fourth-order valence-corrected chi connectivity index (χ4v) is 4.00. The van der Waals surface area contributed by atoms with Gasteiger partial charge >= 0.3 is 0 Å². The third-order valence-corrected chi connectivity index (χ3v) is 5.52. The summed E-state index contributed by atoms with van der Waals surface area (Å²) in [6.45, 7) is 4.94. The Bertz CT molecular complexity index is 1240. The van der Waals surface area contributed by atoms with Crippen LogP contribution in [0, 0.1) is 13.8 Å². The van der Waals surface area contributed by atoms with Gasteiger partial charge in [0, 0.05) is 11.8 Å². The van der Waals surface area contributed by atoms with Crippen LogP contribution in [0.5, 0.6) is 11.5 Å². The van der Waals surface area contributed by atoms with Crippen molar-refractivity contribution in [2.75, 3.05) is 18.5 Å². The third-order valence-electron chi connectivity index (χ3n) is 5.52. The van der Waals surface area contributed by atoms with Crippen molar-refractivity contribution in [1.82, 2.24) is 4.90 Å². The third kappa shape index (κ3) is 3.51. The Morgan fingerprint density at radius 1 is 0.938 bits per heavy atom. The van der Waals surface area contributed by atoms with E-state index in [0.29, 0.717) is 41.7 Å². The summed E-state index contributed by atoms with van der Waals surface area (Å²) < 4.78 is 16.6. The lowest BCUT2D eigenvalue weighted by Crippen LogP contribution is -2.31. The molecular formula is C25H22N2O5. The number of imide groups is 1. The maximum absolute atomic E-state index is 13.4. The number of nitrogens with zero attached hydrogens (tertiary/aromatic N) is 1. The normalized spacial score (nSPS) is 15.5. The Morgan fingerprint density at radius 3 is 2.50 bits per heavy atom. The summed E-state index contributed by atoms with van der Waals surface area (Å²) in [5.41, 5.74) is 3.92. The average molecular weight is 430 g/mol. The highest BCUT2D eigenvalue weighted by atomic mass is 16.6. The van der Waals surface area contributed by atoms with Crippen LogP contribution in [0.1, 0.15) is 22.5 Å². The molecule has 0 fully saturated rings. The minimum Gasteiger partial charge on any atom is -0.486 e. The molecule has 162 valence electrons. The molecule has 7 heteroatoms. The Hall–Kier alpha value is -4.00. The van der Waals surface area contributed by atoms with Gasteiger partial charge in [0.15, 0.2) is 11.5 Å². The summed E-state index contributed by atoms with van der Waals surface area (Å²) in [6, 6.07) is 14.6. The molecule has 5 rings (SSSR count). The van der Waals surface area contributed by atoms with Crippen LogP contribution in [0.3, 0.4) is 0 Å². The van der Waals surface area contributed by atoms with E-state index >= 15 is 0 Å². The first kappa shape index (κ1) is 19.9. The highest BCUT2D eigenvalue weighted by Crippen LogP contribution is 2.36. The van der Waals surface area contributed by atoms with Gasteiger partial charge in [-0.05, 0) is 49.2 Å². The fraction of sp³-hybridized carbons (Fsp3) is 0.200. The van der Waals surface area contributed by atoms with Gasteiger partial charge in [-0.3, -0.25) is 14.5 Å². The summed E-state index contributed by atoms with van der Waals surface area (Å²) >= 11 is 0. The molecule has 3 aromatic rings. The summed E-state index contributed by atoms with van der Waals surface area (Å²) in [5, 5.41) is 3.17. The summed E-state index contributed by atoms with van der Waals surface area (Å²) in [5.74, 6) is 1.01. The van der Waals surface area contributed by atoms with Crippen LogP contribution in [0.15, 0.2) is 64.9 Å². The molecular weight excluding hydrogens is 408 g/mol. The Morgan fingerprint density at radius 2 is 1.75 bits per heavy atom. The minimum atomic E-state index is -0.406. The average Bonchev–Trinajstić information content (AvgIpc) is 3.37. The molecule has 0 radical (unpaired) electrons. The van der Waals surface area contributed by atoms with Gasteiger partial charge < -0.3 is 19.2 Å². The number of anilines is 1. The number of rotatable bonds is 5. The van der Waals surface area contributed by atoms with Gasteiger partial charge in [-0.15, -0.1) is 0 Å². The van der Waals surface area contributed by atoms with Gasteiger partial charge in [0.1, 0.15) is 24.7 Å². The molecule has 3 heterocycles. The largest absolute Gasteiger partial charge is 0.486 e. The van der Waals surface area contributed by atoms with Crippen LogP contribution >= 0.6 is 0 Å². The topological polar surface area (TPSA) is 81.0 Å². The molecule has 2 aliphatic heterocycles. The number of benzene rings is 2. The van der Waals surface area contributed by atoms with Gasteiger partial charge in [0.25, 0.3) is 11.8 Å². The maximum atomic E-state index is 13.4. The predicted octanol–water partition coefficient (Wildman–Crippen LogP) is 4.06. The molecule has 0 saturated heterocycles. The van der Waals surface area contributed by atoms with E-state index < -0.39 is 5.91 Å². The SMILES string of the molecule is Cc1ccc(C2=C(Nc3ccc4c(c3)OCCO4)C(=O)N(Cc3ccco3)C2=O)c(C)c1. The van der Waals surface area contributed by atoms with Crippen molar-refractivity contribution < 1.29 is 23.5 Å². The number of carbonyl (C=O) groups excluding carboxylic acids is 2. The van der Waals surface area contributed by atoms with Crippen molar-refractivity contribution in [2.24, 2.45) is 0 Å². The maximum Gasteiger partial charge on any atom is 0.278 e. The summed E-state index contributed by atoms with van der Waals surface area (Å²) in [6.07, 6.45) is 1.52. The van der Waals surface area contributed by atoms with E-state index in [4.69, 9.17) is 13.9 Å². The second-order valence-electron chi connectivity index (χ2n) is 7.83. The van der Waals surface area contributed by atoms with E-state index in [1.165, 1.54) is 11.2 Å². The highest BCUT2D eigenvalue weighted by molar-refractivity contribution is 6.36. The molecule has 2 aliphatic rings. The minimum absolute atomic E-state index is 0.0609. The first-order chi connectivity index (χ1) is 15.5. The number of aryl methyl sites for hydroxylation is 2. The summed E-state index contributed by atoms with van der Waals surface area (Å²) in [7, 11) is 0. The van der Waals surface area contributed by atoms with Crippen LogP contribution in [0.2, 0.25) is 0 Å². The van der Waals surface area contributed by atoms with Crippen molar-refractivity contribution in [1.29, 1.82) is 0 Å². The standard InChI is InChI=1S/C25H22N2O5/c1-15-5-7-19(16(2)12-15)22-23(25(29)27(24(22)28)14-18-4-3-9-30-18)26-17-6-8-20-21(13-17)32-11-10-31-20/h3-9,12-13,26H,10-11,14H2,1-2H3. The Balaban J connectivity index is 1.56.